The quantitative estimate of drug-likeness (QED) is 0.364. The molecule has 0 radical (unpaired) electrons. The number of phenols is 2. The maximum atomic E-state index is 13.1. The van der Waals surface area contributed by atoms with E-state index >= 15 is 0 Å². The molecule has 0 saturated heterocycles. The van der Waals surface area contributed by atoms with Gasteiger partial charge in [-0.05, 0) is 24.3 Å². The topological polar surface area (TPSA) is 137 Å². The molecule has 2 heterocycles. The Morgan fingerprint density at radius 2 is 1.66 bits per heavy atom. The van der Waals surface area contributed by atoms with E-state index in [2.05, 4.69) is 0 Å². The number of phenolic OH excluding ortho intramolecular Hbond substituents is 2. The third kappa shape index (κ3) is 3.50. The van der Waals surface area contributed by atoms with Gasteiger partial charge >= 0.3 is 0 Å². The molecule has 5 rings (SSSR count). The number of aliphatic hydroxyl groups is 1. The van der Waals surface area contributed by atoms with Crippen LogP contribution in [0.2, 0.25) is 0 Å². The molecule has 0 bridgehead atoms. The standard InChI is InChI=1S/C25H22O10/c1-30-12-8-14(27)20-16(9-12)34-24-13(21(20)28)4-5-15-25(24)35-19(10-26)23(33-15)11-6-17(31-2)22(29)18(7-11)32-3/h4-9,19,23,26-27,29H,10H2,1-3H3/t19-,23+/m0/s1. The first-order valence-electron chi connectivity index (χ1n) is 10.6. The van der Waals surface area contributed by atoms with Crippen molar-refractivity contribution in [1.82, 2.24) is 0 Å². The first-order chi connectivity index (χ1) is 16.9. The number of methoxy groups -OCH3 is 3. The summed E-state index contributed by atoms with van der Waals surface area (Å²) >= 11 is 0. The molecule has 0 fully saturated rings. The summed E-state index contributed by atoms with van der Waals surface area (Å²) < 4.78 is 33.8. The summed E-state index contributed by atoms with van der Waals surface area (Å²) in [4.78, 5) is 13.1. The van der Waals surface area contributed by atoms with E-state index in [1.807, 2.05) is 0 Å². The highest BCUT2D eigenvalue weighted by molar-refractivity contribution is 5.96. The van der Waals surface area contributed by atoms with Crippen molar-refractivity contribution in [3.8, 4) is 40.2 Å². The van der Waals surface area contributed by atoms with Crippen LogP contribution >= 0.6 is 0 Å². The Labute approximate surface area is 198 Å². The van der Waals surface area contributed by atoms with E-state index < -0.39 is 24.2 Å². The fraction of sp³-hybridized carbons (Fsp3) is 0.240. The Hall–Kier alpha value is -4.31. The van der Waals surface area contributed by atoms with Crippen LogP contribution in [-0.2, 0) is 0 Å². The van der Waals surface area contributed by atoms with Gasteiger partial charge in [0.2, 0.25) is 16.9 Å². The molecule has 2 atom stereocenters. The van der Waals surface area contributed by atoms with Crippen molar-refractivity contribution in [1.29, 1.82) is 0 Å². The highest BCUT2D eigenvalue weighted by Gasteiger charge is 2.36. The number of aromatic hydroxyl groups is 2. The van der Waals surface area contributed by atoms with Crippen molar-refractivity contribution in [2.24, 2.45) is 0 Å². The van der Waals surface area contributed by atoms with Crippen LogP contribution in [0.3, 0.4) is 0 Å². The minimum Gasteiger partial charge on any atom is -0.507 e. The van der Waals surface area contributed by atoms with E-state index in [0.717, 1.165) is 0 Å². The van der Waals surface area contributed by atoms with E-state index in [-0.39, 0.29) is 56.4 Å². The number of fused-ring (bicyclic) bond motifs is 4. The third-order valence-corrected chi connectivity index (χ3v) is 5.92. The molecule has 0 aliphatic carbocycles. The Kier molecular flexibility index (Phi) is 5.45. The normalized spacial score (nSPS) is 16.9. The van der Waals surface area contributed by atoms with Crippen molar-refractivity contribution in [3.63, 3.8) is 0 Å². The van der Waals surface area contributed by atoms with E-state index in [0.29, 0.717) is 11.3 Å². The zero-order valence-electron chi connectivity index (χ0n) is 19.0. The summed E-state index contributed by atoms with van der Waals surface area (Å²) in [6.45, 7) is -0.432. The highest BCUT2D eigenvalue weighted by atomic mass is 16.6. The van der Waals surface area contributed by atoms with E-state index in [4.69, 9.17) is 28.1 Å². The first kappa shape index (κ1) is 22.5. The monoisotopic (exact) mass is 482 g/mol. The zero-order valence-corrected chi connectivity index (χ0v) is 19.0. The number of rotatable bonds is 5. The van der Waals surface area contributed by atoms with Crippen LogP contribution in [0.25, 0.3) is 21.9 Å². The Balaban J connectivity index is 1.68. The second-order valence-electron chi connectivity index (χ2n) is 7.87. The summed E-state index contributed by atoms with van der Waals surface area (Å²) in [5.41, 5.74) is 0.275. The van der Waals surface area contributed by atoms with Gasteiger partial charge in [0.25, 0.3) is 0 Å². The lowest BCUT2D eigenvalue weighted by Gasteiger charge is -2.33. The molecule has 4 aromatic rings. The van der Waals surface area contributed by atoms with Crippen molar-refractivity contribution < 1.29 is 43.4 Å². The van der Waals surface area contributed by atoms with E-state index in [1.54, 1.807) is 18.2 Å². The third-order valence-electron chi connectivity index (χ3n) is 5.92. The first-order valence-corrected chi connectivity index (χ1v) is 10.6. The van der Waals surface area contributed by atoms with Crippen LogP contribution in [0.4, 0.5) is 0 Å². The van der Waals surface area contributed by atoms with Gasteiger partial charge in [0, 0.05) is 17.7 Å². The average Bonchev–Trinajstić information content (AvgIpc) is 2.87. The molecule has 182 valence electrons. The SMILES string of the molecule is COc1cc(O)c2c(=O)c3ccc4c(c3oc2c1)O[C@@H](CO)[C@@H](c1cc(OC)c(O)c(OC)c1)O4. The fourth-order valence-corrected chi connectivity index (χ4v) is 4.20. The Morgan fingerprint density at radius 1 is 0.943 bits per heavy atom. The average molecular weight is 482 g/mol. The van der Waals surface area contributed by atoms with Gasteiger partial charge in [-0.25, -0.2) is 0 Å². The molecule has 10 heteroatoms. The maximum Gasteiger partial charge on any atom is 0.205 e. The number of hydrogen-bond acceptors (Lipinski definition) is 10. The Morgan fingerprint density at radius 3 is 2.29 bits per heavy atom. The van der Waals surface area contributed by atoms with Crippen molar-refractivity contribution in [3.05, 3.63) is 52.2 Å². The van der Waals surface area contributed by atoms with Gasteiger partial charge in [-0.3, -0.25) is 4.79 Å². The van der Waals surface area contributed by atoms with Crippen LogP contribution in [-0.4, -0.2) is 49.4 Å². The molecule has 1 aromatic heterocycles. The molecular formula is C25H22O10. The molecule has 0 spiro atoms. The minimum absolute atomic E-state index is 0.00912. The van der Waals surface area contributed by atoms with Crippen LogP contribution in [0.15, 0.2) is 45.6 Å². The van der Waals surface area contributed by atoms with Gasteiger partial charge in [-0.1, -0.05) is 0 Å². The van der Waals surface area contributed by atoms with Gasteiger partial charge < -0.3 is 43.4 Å². The largest absolute Gasteiger partial charge is 0.507 e. The number of benzene rings is 3. The van der Waals surface area contributed by atoms with Gasteiger partial charge in [-0.2, -0.15) is 0 Å². The predicted molar refractivity (Wildman–Crippen MR) is 124 cm³/mol. The number of hydrogen-bond donors (Lipinski definition) is 3. The molecule has 35 heavy (non-hydrogen) atoms. The highest BCUT2D eigenvalue weighted by Crippen LogP contribution is 2.47. The van der Waals surface area contributed by atoms with E-state index in [9.17, 15) is 20.1 Å². The molecule has 0 saturated carbocycles. The summed E-state index contributed by atoms with van der Waals surface area (Å²) in [6, 6.07) is 9.00. The smallest absolute Gasteiger partial charge is 0.205 e. The molecule has 10 nitrogen and oxygen atoms in total. The molecule has 0 unspecified atom stereocenters. The molecule has 3 N–H and O–H groups in total. The number of aliphatic hydroxyl groups excluding tert-OH is 1. The van der Waals surface area contributed by atoms with E-state index in [1.165, 1.54) is 39.5 Å². The zero-order chi connectivity index (χ0) is 24.9. The van der Waals surface area contributed by atoms with Gasteiger partial charge in [0.05, 0.1) is 33.3 Å². The van der Waals surface area contributed by atoms with Crippen LogP contribution in [0.5, 0.6) is 40.2 Å². The summed E-state index contributed by atoms with van der Waals surface area (Å²) in [6.07, 6.45) is -1.70. The predicted octanol–water partition coefficient (Wildman–Crippen LogP) is 3.26. The molecule has 3 aromatic carbocycles. The fourth-order valence-electron chi connectivity index (χ4n) is 4.20. The van der Waals surface area contributed by atoms with Gasteiger partial charge in [0.15, 0.2) is 35.0 Å². The van der Waals surface area contributed by atoms with Gasteiger partial charge in [-0.15, -0.1) is 0 Å². The lowest BCUT2D eigenvalue weighted by Crippen LogP contribution is -2.36. The lowest BCUT2D eigenvalue weighted by molar-refractivity contribution is -0.0118. The second-order valence-corrected chi connectivity index (χ2v) is 7.87. The maximum absolute atomic E-state index is 13.1. The van der Waals surface area contributed by atoms with Crippen molar-refractivity contribution >= 4 is 21.9 Å². The molecule has 0 amide bonds. The molecular weight excluding hydrogens is 460 g/mol. The van der Waals surface area contributed by atoms with Crippen LogP contribution in [0, 0.1) is 0 Å². The summed E-state index contributed by atoms with van der Waals surface area (Å²) in [5, 5.41) is 30.9. The van der Waals surface area contributed by atoms with Crippen LogP contribution in [0.1, 0.15) is 11.7 Å². The molecule has 1 aliphatic heterocycles. The summed E-state index contributed by atoms with van der Waals surface area (Å²) in [7, 11) is 4.24. The minimum atomic E-state index is -0.897. The lowest BCUT2D eigenvalue weighted by atomic mass is 10.0. The van der Waals surface area contributed by atoms with Gasteiger partial charge in [0.1, 0.15) is 22.5 Å². The van der Waals surface area contributed by atoms with Crippen molar-refractivity contribution in [2.75, 3.05) is 27.9 Å². The Bertz CT molecular complexity index is 1480. The second kappa shape index (κ2) is 8.48. The van der Waals surface area contributed by atoms with Crippen molar-refractivity contribution in [2.45, 2.75) is 12.2 Å². The number of ether oxygens (including phenoxy) is 5. The summed E-state index contributed by atoms with van der Waals surface area (Å²) in [5.74, 6) is 0.598. The molecule has 1 aliphatic rings. The van der Waals surface area contributed by atoms with Crippen LogP contribution < -0.4 is 29.1 Å².